The second kappa shape index (κ2) is 3.85. The molecule has 1 rings (SSSR count). The maximum atomic E-state index is 2.43. The number of nitrogens with two attached hydrogens (primary N) is 1. The van der Waals surface area contributed by atoms with Crippen molar-refractivity contribution in [1.29, 1.82) is 0 Å². The fourth-order valence-corrected chi connectivity index (χ4v) is 1.43. The Morgan fingerprint density at radius 3 is 3.00 bits per heavy atom. The number of quaternary nitrogens is 2. The number of nitrogens with one attached hydrogen (secondary N) is 1. The van der Waals surface area contributed by atoms with E-state index < -0.39 is 0 Å². The summed E-state index contributed by atoms with van der Waals surface area (Å²) >= 11 is 0. The van der Waals surface area contributed by atoms with Crippen LogP contribution < -0.4 is 10.2 Å². The average molecular weight is 130 g/mol. The molecule has 0 amide bonds. The summed E-state index contributed by atoms with van der Waals surface area (Å²) in [6, 6.07) is 0. The molecule has 1 saturated heterocycles. The molecule has 1 atom stereocenters. The zero-order valence-corrected chi connectivity index (χ0v) is 6.32. The highest BCUT2D eigenvalue weighted by Gasteiger charge is 2.09. The minimum atomic E-state index is 1.31. The highest BCUT2D eigenvalue weighted by atomic mass is 15.1. The minimum Gasteiger partial charge on any atom is -0.341 e. The van der Waals surface area contributed by atoms with Crippen molar-refractivity contribution in [3.63, 3.8) is 0 Å². The molecule has 1 heterocycles. The monoisotopic (exact) mass is 130 g/mol. The highest BCUT2D eigenvalue weighted by molar-refractivity contribution is 4.34. The number of rotatable bonds is 1. The molecule has 0 aromatic rings. The average Bonchev–Trinajstić information content (AvgIpc) is 2.13. The van der Waals surface area contributed by atoms with Gasteiger partial charge in [-0.2, -0.15) is 0 Å². The summed E-state index contributed by atoms with van der Waals surface area (Å²) in [4.78, 5) is 1.78. The molecule has 1 aliphatic heterocycles. The lowest BCUT2D eigenvalue weighted by Crippen LogP contribution is -3.13. The minimum absolute atomic E-state index is 1.31. The van der Waals surface area contributed by atoms with Crippen molar-refractivity contribution in [3.8, 4) is 0 Å². The van der Waals surface area contributed by atoms with E-state index in [0.717, 1.165) is 0 Å². The zero-order valence-electron chi connectivity index (χ0n) is 6.32. The van der Waals surface area contributed by atoms with Gasteiger partial charge in [0.2, 0.25) is 0 Å². The lowest BCUT2D eigenvalue weighted by atomic mass is 10.4. The Morgan fingerprint density at radius 1 is 1.33 bits per heavy atom. The maximum absolute atomic E-state index is 2.43. The van der Waals surface area contributed by atoms with E-state index in [4.69, 9.17) is 0 Å². The molecule has 9 heavy (non-hydrogen) atoms. The van der Waals surface area contributed by atoms with Gasteiger partial charge in [0.1, 0.15) is 13.1 Å². The van der Waals surface area contributed by atoms with Crippen molar-refractivity contribution in [2.75, 3.05) is 32.7 Å². The highest BCUT2D eigenvalue weighted by Crippen LogP contribution is 1.65. The van der Waals surface area contributed by atoms with E-state index in [0.29, 0.717) is 0 Å². The van der Waals surface area contributed by atoms with Gasteiger partial charge in [0.15, 0.2) is 0 Å². The molecule has 1 aliphatic rings. The third-order valence-electron chi connectivity index (χ3n) is 2.14. The molecule has 3 N–H and O–H groups in total. The lowest BCUT2D eigenvalue weighted by molar-refractivity contribution is -0.902. The maximum Gasteiger partial charge on any atom is 0.127 e. The molecule has 1 fully saturated rings. The first-order chi connectivity index (χ1) is 4.43. The smallest absolute Gasteiger partial charge is 0.127 e. The molecule has 2 nitrogen and oxygen atoms in total. The zero-order chi connectivity index (χ0) is 6.53. The Hall–Kier alpha value is -0.0800. The first kappa shape index (κ1) is 7.03. The van der Waals surface area contributed by atoms with Crippen molar-refractivity contribution >= 4 is 0 Å². The summed E-state index contributed by atoms with van der Waals surface area (Å²) in [7, 11) is 0. The standard InChI is InChI=1S/C7H16N2/c1-2-9-6-3-4-8-5-7-9/h8H,2-7H2,1H3/p+2. The van der Waals surface area contributed by atoms with Gasteiger partial charge in [-0.15, -0.1) is 0 Å². The van der Waals surface area contributed by atoms with Crippen LogP contribution >= 0.6 is 0 Å². The van der Waals surface area contributed by atoms with Crippen LogP contribution in [-0.4, -0.2) is 32.7 Å². The van der Waals surface area contributed by atoms with Crippen LogP contribution in [0.4, 0.5) is 0 Å². The van der Waals surface area contributed by atoms with Gasteiger partial charge in [0.05, 0.1) is 19.6 Å². The Morgan fingerprint density at radius 2 is 2.22 bits per heavy atom. The number of hydrogen-bond donors (Lipinski definition) is 2. The quantitative estimate of drug-likeness (QED) is 0.404. The SMILES string of the molecule is CC[NH+]1CCC[NH2+]CC1. The van der Waals surface area contributed by atoms with Crippen molar-refractivity contribution < 1.29 is 10.2 Å². The fraction of sp³-hybridized carbons (Fsp3) is 1.00. The van der Waals surface area contributed by atoms with E-state index in [-0.39, 0.29) is 0 Å². The predicted octanol–water partition coefficient (Wildman–Crippen LogP) is -2.14. The van der Waals surface area contributed by atoms with Gasteiger partial charge in [0, 0.05) is 6.42 Å². The Kier molecular flexibility index (Phi) is 3.01. The summed E-state index contributed by atoms with van der Waals surface area (Å²) in [5.74, 6) is 0. The second-order valence-electron chi connectivity index (χ2n) is 2.82. The lowest BCUT2D eigenvalue weighted by Gasteiger charge is -2.11. The van der Waals surface area contributed by atoms with Gasteiger partial charge in [0.25, 0.3) is 0 Å². The molecule has 54 valence electrons. The Labute approximate surface area is 57.2 Å². The van der Waals surface area contributed by atoms with Gasteiger partial charge in [-0.25, -0.2) is 0 Å². The van der Waals surface area contributed by atoms with Crippen LogP contribution in [0, 0.1) is 0 Å². The topological polar surface area (TPSA) is 21.1 Å². The normalized spacial score (nSPS) is 29.7. The third-order valence-corrected chi connectivity index (χ3v) is 2.14. The van der Waals surface area contributed by atoms with Crippen LogP contribution in [0.1, 0.15) is 13.3 Å². The Bertz CT molecular complexity index is 65.3. The summed E-state index contributed by atoms with van der Waals surface area (Å²) in [6.45, 7) is 9.05. The fourth-order valence-electron chi connectivity index (χ4n) is 1.43. The largest absolute Gasteiger partial charge is 0.341 e. The molecular weight excluding hydrogens is 112 g/mol. The van der Waals surface area contributed by atoms with Crippen molar-refractivity contribution in [3.05, 3.63) is 0 Å². The summed E-state index contributed by atoms with van der Waals surface area (Å²) in [5, 5.41) is 2.43. The van der Waals surface area contributed by atoms with E-state index in [2.05, 4.69) is 12.2 Å². The van der Waals surface area contributed by atoms with E-state index in [9.17, 15) is 0 Å². The summed E-state index contributed by atoms with van der Waals surface area (Å²) in [6.07, 6.45) is 1.41. The number of hydrogen-bond acceptors (Lipinski definition) is 0. The molecule has 2 heteroatoms. The molecule has 0 aliphatic carbocycles. The van der Waals surface area contributed by atoms with Crippen LogP contribution in [-0.2, 0) is 0 Å². The first-order valence-corrected chi connectivity index (χ1v) is 4.08. The van der Waals surface area contributed by atoms with E-state index in [1.165, 1.54) is 39.1 Å². The van der Waals surface area contributed by atoms with Crippen molar-refractivity contribution in [1.82, 2.24) is 0 Å². The molecule has 0 bridgehead atoms. The van der Waals surface area contributed by atoms with Crippen LogP contribution in [0.15, 0.2) is 0 Å². The van der Waals surface area contributed by atoms with Gasteiger partial charge in [-0.3, -0.25) is 0 Å². The van der Waals surface area contributed by atoms with E-state index in [1.807, 2.05) is 0 Å². The van der Waals surface area contributed by atoms with Crippen LogP contribution in [0.5, 0.6) is 0 Å². The molecule has 0 saturated carbocycles. The molecular formula is C7H18N2+2. The second-order valence-corrected chi connectivity index (χ2v) is 2.82. The predicted molar refractivity (Wildman–Crippen MR) is 37.5 cm³/mol. The van der Waals surface area contributed by atoms with Crippen LogP contribution in [0.2, 0.25) is 0 Å². The van der Waals surface area contributed by atoms with Gasteiger partial charge in [-0.1, -0.05) is 0 Å². The Balaban J connectivity index is 2.18. The van der Waals surface area contributed by atoms with E-state index >= 15 is 0 Å². The van der Waals surface area contributed by atoms with Gasteiger partial charge < -0.3 is 10.2 Å². The number of likely N-dealkylation sites (N-methyl/N-ethyl adjacent to an activating group) is 1. The molecule has 0 spiro atoms. The van der Waals surface area contributed by atoms with Crippen LogP contribution in [0.3, 0.4) is 0 Å². The van der Waals surface area contributed by atoms with Gasteiger partial charge >= 0.3 is 0 Å². The van der Waals surface area contributed by atoms with Crippen molar-refractivity contribution in [2.45, 2.75) is 13.3 Å². The molecule has 0 aromatic carbocycles. The molecule has 0 aromatic heterocycles. The third kappa shape index (κ3) is 2.33. The van der Waals surface area contributed by atoms with Crippen LogP contribution in [0.25, 0.3) is 0 Å². The summed E-state index contributed by atoms with van der Waals surface area (Å²) in [5.41, 5.74) is 0. The summed E-state index contributed by atoms with van der Waals surface area (Å²) < 4.78 is 0. The van der Waals surface area contributed by atoms with Crippen molar-refractivity contribution in [2.24, 2.45) is 0 Å². The molecule has 0 radical (unpaired) electrons. The molecule has 1 unspecified atom stereocenters. The van der Waals surface area contributed by atoms with Gasteiger partial charge in [-0.05, 0) is 6.92 Å². The van der Waals surface area contributed by atoms with E-state index in [1.54, 1.807) is 4.90 Å². The first-order valence-electron chi connectivity index (χ1n) is 4.08.